The summed E-state index contributed by atoms with van der Waals surface area (Å²) in [7, 11) is 0. The number of furan rings is 2. The molecule has 4 aromatic heterocycles. The fourth-order valence-corrected chi connectivity index (χ4v) is 14.0. The second-order valence-corrected chi connectivity index (χ2v) is 25.2. The molecule has 6 heterocycles. The van der Waals surface area contributed by atoms with E-state index in [-0.39, 0.29) is 23.5 Å². The molecule has 7 aromatic carbocycles. The second-order valence-electron chi connectivity index (χ2n) is 23.0. The van der Waals surface area contributed by atoms with E-state index < -0.39 is 0 Å². The number of fused-ring (bicyclic) bond motifs is 10. The maximum absolute atomic E-state index is 7.43. The van der Waals surface area contributed by atoms with Crippen LogP contribution in [0.3, 0.4) is 0 Å². The standard InChI is InChI=1S/C65H59BN2O2S2/c1-35(2)42-29-49-57-50(30-42)68(59-38(5)27-44(28-39(59)6)56-32-41-18-14-16-20-54(41)72-56)61-48-34-46(65(10,11)12)22-24-52(48)70-63(61)66(57)62-60(47-33-45(64(7,8)9)21-23-51(47)69-62)67(49)58-36(3)25-43(26-37(58)4)55-31-40-17-13-15-19-53(40)71-55/h13-35H,1-12H3. The van der Waals surface area contributed by atoms with Crippen molar-refractivity contribution in [2.75, 3.05) is 9.80 Å². The maximum Gasteiger partial charge on any atom is 0.342 e. The molecule has 2 aliphatic rings. The highest BCUT2D eigenvalue weighted by Gasteiger charge is 2.51. The minimum Gasteiger partial charge on any atom is -0.468 e. The van der Waals surface area contributed by atoms with Crippen LogP contribution >= 0.6 is 22.7 Å². The molecule has 0 N–H and O–H groups in total. The van der Waals surface area contributed by atoms with Gasteiger partial charge in [0.25, 0.3) is 0 Å². The zero-order chi connectivity index (χ0) is 49.9. The van der Waals surface area contributed by atoms with Crippen LogP contribution < -0.4 is 26.6 Å². The lowest BCUT2D eigenvalue weighted by Crippen LogP contribution is -2.60. The van der Waals surface area contributed by atoms with Gasteiger partial charge in [-0.15, -0.1) is 22.7 Å². The van der Waals surface area contributed by atoms with E-state index in [1.165, 1.54) is 108 Å². The van der Waals surface area contributed by atoms with Crippen molar-refractivity contribution in [2.45, 2.75) is 99.8 Å². The van der Waals surface area contributed by atoms with E-state index in [1.54, 1.807) is 0 Å². The first-order chi connectivity index (χ1) is 34.4. The average molecular weight is 975 g/mol. The van der Waals surface area contributed by atoms with E-state index in [0.29, 0.717) is 0 Å². The molecule has 7 heteroatoms. The summed E-state index contributed by atoms with van der Waals surface area (Å²) in [6.45, 7) is 27.4. The van der Waals surface area contributed by atoms with Gasteiger partial charge in [-0.2, -0.15) is 0 Å². The van der Waals surface area contributed by atoms with E-state index in [4.69, 9.17) is 8.83 Å². The Hall–Kier alpha value is -6.80. The van der Waals surface area contributed by atoms with Gasteiger partial charge in [0.15, 0.2) is 0 Å². The van der Waals surface area contributed by atoms with Crippen LogP contribution in [0, 0.1) is 27.7 Å². The number of aryl methyl sites for hydroxylation is 4. The van der Waals surface area contributed by atoms with Gasteiger partial charge in [-0.3, -0.25) is 0 Å². The van der Waals surface area contributed by atoms with E-state index >= 15 is 0 Å². The van der Waals surface area contributed by atoms with Gasteiger partial charge in [0.1, 0.15) is 22.5 Å². The highest BCUT2D eigenvalue weighted by Crippen LogP contribution is 2.53. The Morgan fingerprint density at radius 1 is 0.472 bits per heavy atom. The number of rotatable bonds is 5. The molecule has 356 valence electrons. The molecule has 0 aliphatic carbocycles. The van der Waals surface area contributed by atoms with Crippen molar-refractivity contribution in [1.82, 2.24) is 0 Å². The predicted octanol–water partition coefficient (Wildman–Crippen LogP) is 18.0. The van der Waals surface area contributed by atoms with Crippen LogP contribution in [0.25, 0.3) is 63.0 Å². The monoisotopic (exact) mass is 974 g/mol. The van der Waals surface area contributed by atoms with Crippen LogP contribution in [0.1, 0.15) is 100 Å². The Balaban J connectivity index is 1.13. The van der Waals surface area contributed by atoms with Crippen LogP contribution in [0.15, 0.2) is 142 Å². The summed E-state index contributed by atoms with van der Waals surface area (Å²) >= 11 is 3.73. The first kappa shape index (κ1) is 45.1. The van der Waals surface area contributed by atoms with Gasteiger partial charge in [-0.1, -0.05) is 104 Å². The third-order valence-electron chi connectivity index (χ3n) is 15.5. The van der Waals surface area contributed by atoms with Crippen molar-refractivity contribution >= 4 is 122 Å². The maximum atomic E-state index is 7.43. The third-order valence-corrected chi connectivity index (χ3v) is 17.9. The Kier molecular flexibility index (Phi) is 9.93. The summed E-state index contributed by atoms with van der Waals surface area (Å²) < 4.78 is 17.5. The van der Waals surface area contributed by atoms with E-state index in [1.807, 2.05) is 22.7 Å². The molecule has 0 fully saturated rings. The van der Waals surface area contributed by atoms with Crippen molar-refractivity contribution in [3.8, 4) is 20.9 Å². The lowest BCUT2D eigenvalue weighted by atomic mass is 9.37. The van der Waals surface area contributed by atoms with Gasteiger partial charge in [0, 0.05) is 41.3 Å². The molecule has 0 saturated heterocycles. The molecule has 0 radical (unpaired) electrons. The summed E-state index contributed by atoms with van der Waals surface area (Å²) in [4.78, 5) is 7.73. The predicted molar refractivity (Wildman–Crippen MR) is 312 cm³/mol. The van der Waals surface area contributed by atoms with E-state index in [0.717, 1.165) is 44.6 Å². The van der Waals surface area contributed by atoms with Gasteiger partial charge in [0.05, 0.1) is 22.7 Å². The summed E-state index contributed by atoms with van der Waals surface area (Å²) in [5.74, 6) is 0.244. The van der Waals surface area contributed by atoms with Crippen LogP contribution in [0.5, 0.6) is 0 Å². The van der Waals surface area contributed by atoms with Gasteiger partial charge < -0.3 is 18.6 Å². The fraction of sp³-hybridized carbons (Fsp3) is 0.231. The summed E-state index contributed by atoms with van der Waals surface area (Å²) in [6, 6.07) is 50.4. The highest BCUT2D eigenvalue weighted by molar-refractivity contribution is 7.22. The largest absolute Gasteiger partial charge is 0.468 e. The van der Waals surface area contributed by atoms with Crippen molar-refractivity contribution < 1.29 is 8.83 Å². The molecule has 0 atom stereocenters. The molecule has 0 amide bonds. The highest BCUT2D eigenvalue weighted by atomic mass is 32.1. The number of anilines is 6. The quantitative estimate of drug-likeness (QED) is 0.161. The lowest BCUT2D eigenvalue weighted by Gasteiger charge is -2.42. The first-order valence-electron chi connectivity index (χ1n) is 25.5. The lowest BCUT2D eigenvalue weighted by molar-refractivity contribution is 0.590. The molecule has 2 aliphatic heterocycles. The van der Waals surface area contributed by atoms with Gasteiger partial charge >= 0.3 is 6.71 Å². The topological polar surface area (TPSA) is 32.8 Å². The molecule has 0 saturated carbocycles. The van der Waals surface area contributed by atoms with Crippen molar-refractivity contribution in [1.29, 1.82) is 0 Å². The van der Waals surface area contributed by atoms with E-state index in [9.17, 15) is 0 Å². The minimum atomic E-state index is -0.318. The number of thiophene rings is 2. The summed E-state index contributed by atoms with van der Waals surface area (Å²) in [6.07, 6.45) is 0. The number of hydrogen-bond donors (Lipinski definition) is 0. The SMILES string of the molecule is Cc1cc(-c2cc3ccccc3s2)cc(C)c1N1c2cc(C(C)C)cc3c2B(c2oc4ccc(C(C)(C)C)cc4c21)c1oc2ccc(C(C)(C)C)cc2c1N3c1c(C)cc(-c2cc3ccccc3s2)cc1C. The molecule has 0 spiro atoms. The molecule has 0 unspecified atom stereocenters. The Morgan fingerprint density at radius 3 is 1.25 bits per heavy atom. The number of nitrogens with zero attached hydrogens (tertiary/aromatic N) is 2. The van der Waals surface area contributed by atoms with Crippen molar-refractivity contribution in [3.63, 3.8) is 0 Å². The third kappa shape index (κ3) is 6.83. The zero-order valence-corrected chi connectivity index (χ0v) is 45.0. The normalized spacial score (nSPS) is 13.6. The molecule has 4 nitrogen and oxygen atoms in total. The number of hydrogen-bond acceptors (Lipinski definition) is 6. The second kappa shape index (κ2) is 15.9. The van der Waals surface area contributed by atoms with Gasteiger partial charge in [-0.05, 0) is 196 Å². The molecule has 0 bridgehead atoms. The Labute approximate surface area is 431 Å². The van der Waals surface area contributed by atoms with Gasteiger partial charge in [-0.25, -0.2) is 0 Å². The molecule has 72 heavy (non-hydrogen) atoms. The Bertz CT molecular complexity index is 3700. The molecular weight excluding hydrogens is 916 g/mol. The van der Waals surface area contributed by atoms with Crippen LogP contribution in [-0.4, -0.2) is 6.71 Å². The van der Waals surface area contributed by atoms with Crippen molar-refractivity contribution in [3.05, 3.63) is 172 Å². The average Bonchev–Trinajstić information content (AvgIpc) is 4.14. The van der Waals surface area contributed by atoms with Crippen LogP contribution in [0.4, 0.5) is 34.1 Å². The molecular formula is C65H59BN2O2S2. The van der Waals surface area contributed by atoms with E-state index in [2.05, 4.69) is 226 Å². The number of benzene rings is 7. The molecule has 13 rings (SSSR count). The fourth-order valence-electron chi connectivity index (χ4n) is 11.9. The summed E-state index contributed by atoms with van der Waals surface area (Å²) in [5, 5.41) is 4.80. The zero-order valence-electron chi connectivity index (χ0n) is 43.4. The van der Waals surface area contributed by atoms with Gasteiger partial charge in [0.2, 0.25) is 0 Å². The van der Waals surface area contributed by atoms with Crippen LogP contribution in [0.2, 0.25) is 0 Å². The first-order valence-corrected chi connectivity index (χ1v) is 27.2. The van der Waals surface area contributed by atoms with Crippen molar-refractivity contribution in [2.24, 2.45) is 0 Å². The minimum absolute atomic E-state index is 0.0737. The summed E-state index contributed by atoms with van der Waals surface area (Å²) in [5.41, 5.74) is 22.7. The molecule has 11 aromatic rings. The van der Waals surface area contributed by atoms with Crippen LogP contribution in [-0.2, 0) is 10.8 Å². The Morgan fingerprint density at radius 2 is 0.875 bits per heavy atom. The smallest absolute Gasteiger partial charge is 0.342 e.